The molecule has 8 heteroatoms. The predicted molar refractivity (Wildman–Crippen MR) is 71.6 cm³/mol. The summed E-state index contributed by atoms with van der Waals surface area (Å²) in [6.07, 6.45) is 0.428. The Labute approximate surface area is 116 Å². The zero-order chi connectivity index (χ0) is 15.2. The topological polar surface area (TPSA) is 132 Å². The molecule has 20 heavy (non-hydrogen) atoms. The first-order valence-corrected chi connectivity index (χ1v) is 8.01. The minimum absolute atomic E-state index is 0.0160. The van der Waals surface area contributed by atoms with Crippen LogP contribution in [0.25, 0.3) is 0 Å². The van der Waals surface area contributed by atoms with Crippen LogP contribution in [0.4, 0.5) is 0 Å². The number of hydrogen-bond donors (Lipinski definition) is 4. The molecule has 0 aliphatic heterocycles. The fourth-order valence-electron chi connectivity index (χ4n) is 1.60. The van der Waals surface area contributed by atoms with Gasteiger partial charge in [-0.2, -0.15) is 0 Å². The van der Waals surface area contributed by atoms with Crippen LogP contribution < -0.4 is 10.5 Å². The van der Waals surface area contributed by atoms with Crippen molar-refractivity contribution >= 4 is 13.3 Å². The van der Waals surface area contributed by atoms with Crippen molar-refractivity contribution in [2.24, 2.45) is 0 Å². The molecule has 0 bridgehead atoms. The summed E-state index contributed by atoms with van der Waals surface area (Å²) < 4.78 is 17.0. The van der Waals surface area contributed by atoms with Gasteiger partial charge in [0.05, 0.1) is 6.54 Å². The van der Waals surface area contributed by atoms with Gasteiger partial charge in [0.25, 0.3) is 0 Å². The Kier molecular flexibility index (Phi) is 6.16. The van der Waals surface area contributed by atoms with Crippen LogP contribution in [0.3, 0.4) is 0 Å². The van der Waals surface area contributed by atoms with Crippen molar-refractivity contribution < 1.29 is 34.9 Å². The van der Waals surface area contributed by atoms with E-state index in [9.17, 15) is 19.4 Å². The predicted octanol–water partition coefficient (Wildman–Crippen LogP) is 0.0433. The number of carbonyl (C=O) groups is 1. The molecule has 0 radical (unpaired) electrons. The Morgan fingerprint density at radius 2 is 2.15 bits per heavy atom. The van der Waals surface area contributed by atoms with Crippen molar-refractivity contribution in [3.05, 3.63) is 29.8 Å². The van der Waals surface area contributed by atoms with E-state index in [1.54, 1.807) is 0 Å². The summed E-state index contributed by atoms with van der Waals surface area (Å²) in [5.74, 6) is -2.41. The highest BCUT2D eigenvalue weighted by atomic mass is 31.2. The monoisotopic (exact) mass is 304 g/mol. The lowest BCUT2D eigenvalue weighted by atomic mass is 10.2. The van der Waals surface area contributed by atoms with Gasteiger partial charge >= 0.3 is 5.97 Å². The number of aliphatic hydroxyl groups is 1. The van der Waals surface area contributed by atoms with Crippen LogP contribution in [0, 0.1) is 0 Å². The first-order chi connectivity index (χ1) is 9.36. The molecule has 1 rings (SSSR count). The summed E-state index contributed by atoms with van der Waals surface area (Å²) in [6.45, 7) is -0.00310. The molecule has 112 valence electrons. The summed E-state index contributed by atoms with van der Waals surface area (Å²) in [4.78, 5) is 20.2. The molecule has 0 amide bonds. The van der Waals surface area contributed by atoms with Gasteiger partial charge in [0, 0.05) is 12.6 Å². The van der Waals surface area contributed by atoms with Gasteiger partial charge in [-0.3, -0.25) is 4.57 Å². The largest absolute Gasteiger partial charge is 0.482 e. The summed E-state index contributed by atoms with van der Waals surface area (Å²) in [6, 6.07) is 5.89. The van der Waals surface area contributed by atoms with Crippen molar-refractivity contribution in [1.29, 1.82) is 0 Å². The number of ether oxygens (including phenoxy) is 1. The lowest BCUT2D eigenvalue weighted by Gasteiger charge is -2.18. The minimum Gasteiger partial charge on any atom is -0.482 e. The van der Waals surface area contributed by atoms with Crippen LogP contribution in [-0.4, -0.2) is 40.4 Å². The molecule has 6 N–H and O–H groups in total. The van der Waals surface area contributed by atoms with Crippen molar-refractivity contribution in [1.82, 2.24) is 0 Å². The number of hydrogen-bond acceptors (Lipinski definition) is 4. The molecule has 0 aliphatic rings. The van der Waals surface area contributed by atoms with Crippen molar-refractivity contribution in [3.63, 3.8) is 0 Å². The third-order valence-electron chi connectivity index (χ3n) is 2.63. The molecular formula is C12H19NO6P+. The molecule has 0 heterocycles. The standard InChI is InChI=1S/C12H18NO6P/c13-5-2-6-20(17,18)12(16)9-3-1-4-10(7-9)19-8-11(14)15/h1,3-4,7,12,16H,2,5-6,8,13H2,(H,14,15)(H,17,18)/p+1. The zero-order valence-corrected chi connectivity index (χ0v) is 11.8. The first-order valence-electron chi connectivity index (χ1n) is 6.10. The second-order valence-corrected chi connectivity index (χ2v) is 6.76. The number of aliphatic hydroxyl groups excluding tert-OH is 1. The second kappa shape index (κ2) is 7.40. The van der Waals surface area contributed by atoms with E-state index >= 15 is 0 Å². The van der Waals surface area contributed by atoms with E-state index in [4.69, 9.17) is 9.84 Å². The molecule has 0 aliphatic carbocycles. The number of carboxylic acid groups (broad SMARTS) is 1. The molecule has 0 saturated heterocycles. The fourth-order valence-corrected chi connectivity index (χ4v) is 3.15. The smallest absolute Gasteiger partial charge is 0.341 e. The van der Waals surface area contributed by atoms with E-state index in [-0.39, 0.29) is 17.5 Å². The number of benzene rings is 1. The number of aliphatic carboxylic acids is 1. The maximum atomic E-state index is 12.0. The minimum atomic E-state index is -3.74. The van der Waals surface area contributed by atoms with Crippen LogP contribution in [0.2, 0.25) is 0 Å². The van der Waals surface area contributed by atoms with Crippen LogP contribution in [-0.2, 0) is 9.36 Å². The van der Waals surface area contributed by atoms with Gasteiger partial charge in [-0.1, -0.05) is 12.1 Å². The third-order valence-corrected chi connectivity index (χ3v) is 4.65. The van der Waals surface area contributed by atoms with E-state index < -0.39 is 25.8 Å². The van der Waals surface area contributed by atoms with Crippen LogP contribution in [0.15, 0.2) is 24.3 Å². The summed E-state index contributed by atoms with van der Waals surface area (Å²) >= 11 is 0. The summed E-state index contributed by atoms with van der Waals surface area (Å²) in [7, 11) is -3.74. The Hall–Kier alpha value is -1.40. The highest BCUT2D eigenvalue weighted by Gasteiger charge is 2.30. The fraction of sp³-hybridized carbons (Fsp3) is 0.417. The van der Waals surface area contributed by atoms with Crippen molar-refractivity contribution in [2.45, 2.75) is 12.3 Å². The van der Waals surface area contributed by atoms with Crippen LogP contribution >= 0.6 is 7.37 Å². The Morgan fingerprint density at radius 3 is 2.75 bits per heavy atom. The van der Waals surface area contributed by atoms with E-state index in [2.05, 4.69) is 5.73 Å². The number of rotatable bonds is 8. The Balaban J connectivity index is 2.82. The first kappa shape index (κ1) is 16.7. The summed E-state index contributed by atoms with van der Waals surface area (Å²) in [5, 5.41) is 18.5. The lowest BCUT2D eigenvalue weighted by molar-refractivity contribution is -0.367. The molecule has 7 nitrogen and oxygen atoms in total. The lowest BCUT2D eigenvalue weighted by Crippen LogP contribution is -2.50. The maximum absolute atomic E-state index is 12.0. The van der Waals surface area contributed by atoms with Crippen molar-refractivity contribution in [3.8, 4) is 5.75 Å². The molecule has 0 aromatic heterocycles. The summed E-state index contributed by atoms with van der Waals surface area (Å²) in [5.41, 5.74) is 3.81. The highest BCUT2D eigenvalue weighted by molar-refractivity contribution is 7.58. The average molecular weight is 304 g/mol. The van der Waals surface area contributed by atoms with Crippen molar-refractivity contribution in [2.75, 3.05) is 19.3 Å². The Bertz CT molecular complexity index is 506. The van der Waals surface area contributed by atoms with Gasteiger partial charge in [-0.15, -0.1) is 0 Å². The SMILES string of the molecule is [NH3+]CCCP(=O)(O)C(O)c1cccc(OCC(=O)O)c1. The number of quaternary nitrogens is 1. The third kappa shape index (κ3) is 4.94. The van der Waals surface area contributed by atoms with Crippen LogP contribution in [0.1, 0.15) is 17.8 Å². The second-order valence-electron chi connectivity index (χ2n) is 4.31. The molecule has 0 saturated carbocycles. The quantitative estimate of drug-likeness (QED) is 0.501. The molecule has 1 aromatic rings. The molecule has 2 atom stereocenters. The molecule has 1 aromatic carbocycles. The zero-order valence-electron chi connectivity index (χ0n) is 10.9. The average Bonchev–Trinajstić information content (AvgIpc) is 2.42. The van der Waals surface area contributed by atoms with Gasteiger partial charge < -0.3 is 25.6 Å². The van der Waals surface area contributed by atoms with E-state index in [1.165, 1.54) is 24.3 Å². The molecular weight excluding hydrogens is 285 g/mol. The maximum Gasteiger partial charge on any atom is 0.341 e. The van der Waals surface area contributed by atoms with Gasteiger partial charge in [-0.05, 0) is 17.7 Å². The molecule has 0 fully saturated rings. The van der Waals surface area contributed by atoms with Gasteiger partial charge in [0.15, 0.2) is 12.5 Å². The molecule has 2 unspecified atom stereocenters. The Morgan fingerprint density at radius 1 is 1.45 bits per heavy atom. The normalized spacial score (nSPS) is 15.3. The van der Waals surface area contributed by atoms with Gasteiger partial charge in [0.2, 0.25) is 7.37 Å². The molecule has 0 spiro atoms. The van der Waals surface area contributed by atoms with E-state index in [1.807, 2.05) is 0 Å². The van der Waals surface area contributed by atoms with Gasteiger partial charge in [-0.25, -0.2) is 4.79 Å². The van der Waals surface area contributed by atoms with Gasteiger partial charge in [0.1, 0.15) is 5.75 Å². The van der Waals surface area contributed by atoms with Crippen LogP contribution in [0.5, 0.6) is 5.75 Å². The highest BCUT2D eigenvalue weighted by Crippen LogP contribution is 2.54. The van der Waals surface area contributed by atoms with E-state index in [0.717, 1.165) is 0 Å². The number of carboxylic acids is 1. The van der Waals surface area contributed by atoms with E-state index in [0.29, 0.717) is 13.0 Å².